The number of pyridine rings is 1. The second-order valence-corrected chi connectivity index (χ2v) is 12.4. The first-order valence-electron chi connectivity index (χ1n) is 13.8. The Balaban J connectivity index is 1.73. The number of nitrogens with one attached hydrogen (secondary N) is 2. The van der Waals surface area contributed by atoms with Gasteiger partial charge in [-0.15, -0.1) is 11.3 Å². The van der Waals surface area contributed by atoms with Crippen LogP contribution < -0.4 is 15.4 Å². The number of nitrogens with zero attached hydrogens (tertiary/aromatic N) is 3. The van der Waals surface area contributed by atoms with Gasteiger partial charge in [-0.2, -0.15) is 0 Å². The Hall–Kier alpha value is -3.30. The van der Waals surface area contributed by atoms with Crippen LogP contribution in [0.5, 0.6) is 5.75 Å². The van der Waals surface area contributed by atoms with E-state index >= 15 is 0 Å². The van der Waals surface area contributed by atoms with Crippen LogP contribution >= 0.6 is 11.3 Å². The summed E-state index contributed by atoms with van der Waals surface area (Å²) in [5.74, 6) is 0.856. The minimum atomic E-state index is -0.731. The monoisotopic (exact) mass is 565 g/mol. The van der Waals surface area contributed by atoms with Crippen LogP contribution in [0.1, 0.15) is 57.9 Å². The third kappa shape index (κ3) is 10.7. The molecular weight excluding hydrogens is 522 g/mol. The number of rotatable bonds is 14. The number of ether oxygens (including phenoxy) is 1. The minimum absolute atomic E-state index is 0.176. The van der Waals surface area contributed by atoms with Crippen LogP contribution in [0.15, 0.2) is 59.7 Å². The first-order chi connectivity index (χ1) is 19.0. The number of hydrogen-bond donors (Lipinski definition) is 2. The van der Waals surface area contributed by atoms with Crippen molar-refractivity contribution in [2.75, 3.05) is 13.6 Å². The Morgan fingerprint density at radius 2 is 1.80 bits per heavy atom. The van der Waals surface area contributed by atoms with Crippen LogP contribution in [-0.2, 0) is 29.0 Å². The molecule has 3 aromatic rings. The molecule has 3 rings (SSSR count). The fourth-order valence-corrected chi connectivity index (χ4v) is 4.72. The van der Waals surface area contributed by atoms with E-state index < -0.39 is 17.6 Å². The SMILES string of the molecule is CC(C)CCN(C)C(Cc1cscn1)C(=O)NC(Cc1ccc(OCc2cccnc2)cc1)C(=O)NC(C)(C)C. The lowest BCUT2D eigenvalue weighted by Crippen LogP contribution is -2.57. The van der Waals surface area contributed by atoms with Gasteiger partial charge in [-0.3, -0.25) is 19.5 Å². The standard InChI is InChI=1S/C31H43N5O3S/c1-22(2)13-15-36(6)28(17-25-20-40-21-33-25)30(38)34-27(29(37)35-31(3,4)5)16-23-9-11-26(12-10-23)39-19-24-8-7-14-32-18-24/h7-12,14,18,20-22,27-28H,13,15-17,19H2,1-6H3,(H,34,38)(H,35,37). The van der Waals surface area contributed by atoms with Crippen molar-refractivity contribution >= 4 is 23.2 Å². The van der Waals surface area contributed by atoms with Crippen LogP contribution in [0.3, 0.4) is 0 Å². The average Bonchev–Trinajstić information content (AvgIpc) is 3.42. The smallest absolute Gasteiger partial charge is 0.243 e. The minimum Gasteiger partial charge on any atom is -0.489 e. The van der Waals surface area contributed by atoms with Crippen LogP contribution in [0.25, 0.3) is 0 Å². The lowest BCUT2D eigenvalue weighted by atomic mass is 10.0. The maximum Gasteiger partial charge on any atom is 0.243 e. The predicted octanol–water partition coefficient (Wildman–Crippen LogP) is 4.65. The van der Waals surface area contributed by atoms with Crippen LogP contribution in [-0.4, -0.2) is 57.9 Å². The zero-order valence-corrected chi connectivity index (χ0v) is 25.3. The van der Waals surface area contributed by atoms with Crippen molar-refractivity contribution in [1.29, 1.82) is 0 Å². The van der Waals surface area contributed by atoms with E-state index in [1.54, 1.807) is 17.9 Å². The molecule has 0 aliphatic carbocycles. The summed E-state index contributed by atoms with van der Waals surface area (Å²) >= 11 is 1.51. The van der Waals surface area contributed by atoms with Gasteiger partial charge in [0, 0.05) is 41.7 Å². The number of aromatic nitrogens is 2. The molecule has 0 bridgehead atoms. The van der Waals surface area contributed by atoms with E-state index in [1.807, 2.05) is 69.6 Å². The summed E-state index contributed by atoms with van der Waals surface area (Å²) in [6.45, 7) is 11.3. The third-order valence-electron chi connectivity index (χ3n) is 6.40. The molecular formula is C31H43N5O3S. The molecule has 0 radical (unpaired) electrons. The van der Waals surface area contributed by atoms with Gasteiger partial charge in [-0.25, -0.2) is 4.98 Å². The molecule has 2 atom stereocenters. The average molecular weight is 566 g/mol. The molecule has 0 saturated carbocycles. The molecule has 0 fully saturated rings. The van der Waals surface area contributed by atoms with Crippen molar-refractivity contribution in [3.8, 4) is 5.75 Å². The fourth-order valence-electron chi connectivity index (χ4n) is 4.14. The highest BCUT2D eigenvalue weighted by Gasteiger charge is 2.30. The van der Waals surface area contributed by atoms with Gasteiger partial charge in [0.1, 0.15) is 18.4 Å². The highest BCUT2D eigenvalue weighted by atomic mass is 32.1. The van der Waals surface area contributed by atoms with Gasteiger partial charge in [0.05, 0.1) is 17.2 Å². The van der Waals surface area contributed by atoms with E-state index in [-0.39, 0.29) is 11.8 Å². The number of hydrogen-bond acceptors (Lipinski definition) is 7. The number of carbonyl (C=O) groups is 2. The largest absolute Gasteiger partial charge is 0.489 e. The Morgan fingerprint density at radius 1 is 1.05 bits per heavy atom. The molecule has 2 N–H and O–H groups in total. The highest BCUT2D eigenvalue weighted by molar-refractivity contribution is 7.07. The van der Waals surface area contributed by atoms with Crippen molar-refractivity contribution < 1.29 is 14.3 Å². The van der Waals surface area contributed by atoms with E-state index in [1.165, 1.54) is 11.3 Å². The van der Waals surface area contributed by atoms with Gasteiger partial charge in [-0.05, 0) is 70.5 Å². The quantitative estimate of drug-likeness (QED) is 0.296. The lowest BCUT2D eigenvalue weighted by Gasteiger charge is -2.30. The number of carbonyl (C=O) groups excluding carboxylic acids is 2. The van der Waals surface area contributed by atoms with Gasteiger partial charge in [0.25, 0.3) is 0 Å². The molecule has 0 aliphatic rings. The molecule has 2 amide bonds. The van der Waals surface area contributed by atoms with E-state index in [4.69, 9.17) is 4.74 Å². The molecule has 8 nitrogen and oxygen atoms in total. The first-order valence-corrected chi connectivity index (χ1v) is 14.7. The predicted molar refractivity (Wildman–Crippen MR) is 160 cm³/mol. The highest BCUT2D eigenvalue weighted by Crippen LogP contribution is 2.17. The third-order valence-corrected chi connectivity index (χ3v) is 7.04. The van der Waals surface area contributed by atoms with Gasteiger partial charge in [0.2, 0.25) is 11.8 Å². The van der Waals surface area contributed by atoms with Crippen molar-refractivity contribution in [3.63, 3.8) is 0 Å². The number of thiazole rings is 1. The van der Waals surface area contributed by atoms with Gasteiger partial charge < -0.3 is 15.4 Å². The van der Waals surface area contributed by atoms with Crippen molar-refractivity contribution in [2.24, 2.45) is 5.92 Å². The van der Waals surface area contributed by atoms with Crippen molar-refractivity contribution in [1.82, 2.24) is 25.5 Å². The zero-order valence-electron chi connectivity index (χ0n) is 24.5. The normalized spacial score (nSPS) is 13.2. The summed E-state index contributed by atoms with van der Waals surface area (Å²) in [6, 6.07) is 10.3. The zero-order chi connectivity index (χ0) is 29.1. The van der Waals surface area contributed by atoms with Crippen LogP contribution in [0, 0.1) is 5.92 Å². The second-order valence-electron chi connectivity index (χ2n) is 11.7. The first kappa shape index (κ1) is 31.2. The maximum atomic E-state index is 13.7. The Bertz CT molecular complexity index is 1180. The molecule has 2 heterocycles. The molecule has 216 valence electrons. The number of likely N-dealkylation sites (N-methyl/N-ethyl adjacent to an activating group) is 1. The summed E-state index contributed by atoms with van der Waals surface area (Å²) in [5.41, 5.74) is 4.13. The summed E-state index contributed by atoms with van der Waals surface area (Å²) in [5, 5.41) is 8.09. The summed E-state index contributed by atoms with van der Waals surface area (Å²) in [6.07, 6.45) is 5.32. The fraction of sp³-hybridized carbons (Fsp3) is 0.484. The van der Waals surface area contributed by atoms with E-state index in [0.717, 1.165) is 35.5 Å². The molecule has 2 aromatic heterocycles. The Labute approximate surface area is 242 Å². The molecule has 40 heavy (non-hydrogen) atoms. The number of benzene rings is 1. The summed E-state index contributed by atoms with van der Waals surface area (Å²) in [7, 11) is 1.97. The second kappa shape index (κ2) is 14.9. The van der Waals surface area contributed by atoms with Crippen molar-refractivity contribution in [3.05, 3.63) is 76.5 Å². The van der Waals surface area contributed by atoms with Crippen LogP contribution in [0.4, 0.5) is 0 Å². The topological polar surface area (TPSA) is 96.5 Å². The Kier molecular flexibility index (Phi) is 11.6. The van der Waals surface area contributed by atoms with Gasteiger partial charge in [-0.1, -0.05) is 32.0 Å². The van der Waals surface area contributed by atoms with Gasteiger partial charge in [0.15, 0.2) is 0 Å². The maximum absolute atomic E-state index is 13.7. The molecule has 0 aliphatic heterocycles. The molecule has 0 spiro atoms. The molecule has 1 aromatic carbocycles. The molecule has 9 heteroatoms. The van der Waals surface area contributed by atoms with E-state index in [0.29, 0.717) is 25.4 Å². The Morgan fingerprint density at radius 3 is 2.40 bits per heavy atom. The van der Waals surface area contributed by atoms with Gasteiger partial charge >= 0.3 is 0 Å². The summed E-state index contributed by atoms with van der Waals surface area (Å²) in [4.78, 5) is 37.7. The van der Waals surface area contributed by atoms with E-state index in [9.17, 15) is 9.59 Å². The molecule has 2 unspecified atom stereocenters. The summed E-state index contributed by atoms with van der Waals surface area (Å²) < 4.78 is 5.88. The lowest BCUT2D eigenvalue weighted by molar-refractivity contribution is -0.132. The van der Waals surface area contributed by atoms with Crippen LogP contribution in [0.2, 0.25) is 0 Å². The molecule has 0 saturated heterocycles. The van der Waals surface area contributed by atoms with Crippen molar-refractivity contribution in [2.45, 2.75) is 78.1 Å². The number of amides is 2. The van der Waals surface area contributed by atoms with E-state index in [2.05, 4.69) is 39.3 Å².